The van der Waals surface area contributed by atoms with Crippen molar-refractivity contribution in [1.29, 1.82) is 0 Å². The summed E-state index contributed by atoms with van der Waals surface area (Å²) in [5.41, 5.74) is 0.251. The van der Waals surface area contributed by atoms with E-state index in [4.69, 9.17) is 0 Å². The fourth-order valence-electron chi connectivity index (χ4n) is 0.918. The molecule has 1 aliphatic heterocycles. The molecule has 1 aliphatic rings. The van der Waals surface area contributed by atoms with E-state index in [0.29, 0.717) is 0 Å². The van der Waals surface area contributed by atoms with Crippen LogP contribution in [-0.2, 0) is 4.79 Å². The van der Waals surface area contributed by atoms with Crippen molar-refractivity contribution in [1.82, 2.24) is 10.5 Å². The Morgan fingerprint density at radius 3 is 3.17 bits per heavy atom. The number of rotatable bonds is 0. The fourth-order valence-corrected chi connectivity index (χ4v) is 0.918. The van der Waals surface area contributed by atoms with Gasteiger partial charge in [0.15, 0.2) is 0 Å². The summed E-state index contributed by atoms with van der Waals surface area (Å²) in [7, 11) is 0. The van der Waals surface area contributed by atoms with E-state index in [0.717, 1.165) is 0 Å². The van der Waals surface area contributed by atoms with Gasteiger partial charge in [-0.2, -0.15) is 0 Å². The number of anilines is 1. The second kappa shape index (κ2) is 2.33. The maximum Gasteiger partial charge on any atom is 0.258 e. The van der Waals surface area contributed by atoms with Crippen molar-refractivity contribution < 1.29 is 14.1 Å². The van der Waals surface area contributed by atoms with E-state index in [2.05, 4.69) is 20.3 Å². The van der Waals surface area contributed by atoms with Crippen LogP contribution in [0, 0.1) is 0 Å². The Hall–Kier alpha value is -1.85. The third-order valence-corrected chi connectivity index (χ3v) is 1.48. The van der Waals surface area contributed by atoms with Crippen molar-refractivity contribution in [3.63, 3.8) is 0 Å². The first kappa shape index (κ1) is 6.84. The smallest absolute Gasteiger partial charge is 0.258 e. The number of nitrogens with one attached hydrogen (secondary N) is 2. The normalized spacial score (nSPS) is 16.0. The molecular weight excluding hydrogens is 162 g/mol. The highest BCUT2D eigenvalue weighted by Crippen LogP contribution is 2.15. The van der Waals surface area contributed by atoms with E-state index in [1.165, 1.54) is 6.20 Å². The largest absolute Gasteiger partial charge is 0.343 e. The van der Waals surface area contributed by atoms with Crippen LogP contribution in [0.3, 0.4) is 0 Å². The summed E-state index contributed by atoms with van der Waals surface area (Å²) in [5, 5.41) is 8.15. The molecule has 0 atom stereocenters. The Kier molecular flexibility index (Phi) is 1.33. The molecule has 62 valence electrons. The number of aromatic nitrogens is 1. The van der Waals surface area contributed by atoms with Crippen molar-refractivity contribution in [3.05, 3.63) is 11.8 Å². The van der Waals surface area contributed by atoms with Crippen LogP contribution in [0.15, 0.2) is 10.7 Å². The van der Waals surface area contributed by atoms with Crippen molar-refractivity contribution >= 4 is 17.7 Å². The SMILES string of the molecule is O=C1CNC(=O)c2cnoc2N1. The van der Waals surface area contributed by atoms with Gasteiger partial charge in [-0.1, -0.05) is 5.16 Å². The fraction of sp³-hybridized carbons (Fsp3) is 0.167. The molecule has 0 bridgehead atoms. The summed E-state index contributed by atoms with van der Waals surface area (Å²) in [6, 6.07) is 0. The molecule has 12 heavy (non-hydrogen) atoms. The van der Waals surface area contributed by atoms with Crippen molar-refractivity contribution in [2.75, 3.05) is 11.9 Å². The minimum atomic E-state index is -0.357. The molecule has 6 heteroatoms. The molecule has 0 spiro atoms. The Bertz CT molecular complexity index is 344. The molecule has 2 N–H and O–H groups in total. The molecule has 6 nitrogen and oxygen atoms in total. The predicted octanol–water partition coefficient (Wildman–Crippen LogP) is -0.644. The van der Waals surface area contributed by atoms with Crippen molar-refractivity contribution in [2.45, 2.75) is 0 Å². The highest BCUT2D eigenvalue weighted by molar-refractivity contribution is 6.06. The van der Waals surface area contributed by atoms with Gasteiger partial charge in [-0.3, -0.25) is 14.9 Å². The first-order valence-corrected chi connectivity index (χ1v) is 3.30. The van der Waals surface area contributed by atoms with E-state index >= 15 is 0 Å². The van der Waals surface area contributed by atoms with E-state index in [1.54, 1.807) is 0 Å². The number of nitrogens with zero attached hydrogens (tertiary/aromatic N) is 1. The molecule has 0 aromatic carbocycles. The topological polar surface area (TPSA) is 84.2 Å². The minimum absolute atomic E-state index is 0.0387. The van der Waals surface area contributed by atoms with Gasteiger partial charge < -0.3 is 9.84 Å². The van der Waals surface area contributed by atoms with Gasteiger partial charge in [-0.05, 0) is 0 Å². The summed E-state index contributed by atoms with van der Waals surface area (Å²) >= 11 is 0. The lowest BCUT2D eigenvalue weighted by molar-refractivity contribution is -0.115. The van der Waals surface area contributed by atoms with E-state index in [1.807, 2.05) is 0 Å². The monoisotopic (exact) mass is 167 g/mol. The second-order valence-corrected chi connectivity index (χ2v) is 2.30. The highest BCUT2D eigenvalue weighted by atomic mass is 16.5. The predicted molar refractivity (Wildman–Crippen MR) is 37.5 cm³/mol. The first-order valence-electron chi connectivity index (χ1n) is 3.30. The summed E-state index contributed by atoms with van der Waals surface area (Å²) in [6.07, 6.45) is 1.26. The van der Waals surface area contributed by atoms with Crippen LogP contribution in [0.25, 0.3) is 0 Å². The summed E-state index contributed by atoms with van der Waals surface area (Å²) in [4.78, 5) is 22.0. The molecule has 0 aliphatic carbocycles. The lowest BCUT2D eigenvalue weighted by Gasteiger charge is -1.94. The Morgan fingerprint density at radius 2 is 2.33 bits per heavy atom. The Balaban J connectivity index is 2.45. The zero-order valence-corrected chi connectivity index (χ0v) is 5.96. The summed E-state index contributed by atoms with van der Waals surface area (Å²) in [6.45, 7) is -0.0387. The van der Waals surface area contributed by atoms with E-state index < -0.39 is 0 Å². The molecule has 1 aromatic rings. The van der Waals surface area contributed by atoms with E-state index in [-0.39, 0.29) is 29.8 Å². The number of carbonyl (C=O) groups excluding carboxylic acids is 2. The third-order valence-electron chi connectivity index (χ3n) is 1.48. The Morgan fingerprint density at radius 1 is 1.50 bits per heavy atom. The van der Waals surface area contributed by atoms with Gasteiger partial charge in [-0.15, -0.1) is 0 Å². The van der Waals surface area contributed by atoms with Gasteiger partial charge in [-0.25, -0.2) is 0 Å². The second-order valence-electron chi connectivity index (χ2n) is 2.30. The summed E-state index contributed by atoms with van der Waals surface area (Å²) < 4.78 is 4.63. The van der Waals surface area contributed by atoms with E-state index in [9.17, 15) is 9.59 Å². The van der Waals surface area contributed by atoms with Crippen LogP contribution >= 0.6 is 0 Å². The lowest BCUT2D eigenvalue weighted by Crippen LogP contribution is -2.28. The molecule has 2 heterocycles. The van der Waals surface area contributed by atoms with Gasteiger partial charge in [0.1, 0.15) is 5.56 Å². The zero-order valence-electron chi connectivity index (χ0n) is 5.96. The number of hydrogen-bond acceptors (Lipinski definition) is 4. The van der Waals surface area contributed by atoms with Gasteiger partial charge in [0.2, 0.25) is 11.8 Å². The number of fused-ring (bicyclic) bond motifs is 1. The maximum absolute atomic E-state index is 11.1. The minimum Gasteiger partial charge on any atom is -0.343 e. The van der Waals surface area contributed by atoms with Gasteiger partial charge in [0.05, 0.1) is 12.7 Å². The molecule has 0 saturated carbocycles. The number of carbonyl (C=O) groups is 2. The molecule has 2 rings (SSSR count). The van der Waals surface area contributed by atoms with Gasteiger partial charge >= 0.3 is 0 Å². The molecular formula is C6H5N3O3. The molecule has 2 amide bonds. The summed E-state index contributed by atoms with van der Waals surface area (Å²) in [5.74, 6) is -0.571. The number of hydrogen-bond donors (Lipinski definition) is 2. The lowest BCUT2D eigenvalue weighted by atomic mass is 10.3. The quantitative estimate of drug-likeness (QED) is 0.538. The highest BCUT2D eigenvalue weighted by Gasteiger charge is 2.22. The molecule has 1 aromatic heterocycles. The van der Waals surface area contributed by atoms with Crippen LogP contribution in [-0.4, -0.2) is 23.5 Å². The van der Waals surface area contributed by atoms with Crippen molar-refractivity contribution in [2.24, 2.45) is 0 Å². The van der Waals surface area contributed by atoms with Crippen LogP contribution in [0.2, 0.25) is 0 Å². The van der Waals surface area contributed by atoms with Gasteiger partial charge in [0, 0.05) is 0 Å². The molecule has 0 saturated heterocycles. The van der Waals surface area contributed by atoms with Crippen LogP contribution < -0.4 is 10.6 Å². The Labute approximate surface area is 66.9 Å². The molecule has 0 unspecified atom stereocenters. The number of amides is 2. The van der Waals surface area contributed by atoms with Crippen LogP contribution in [0.4, 0.5) is 5.88 Å². The molecule has 0 fully saturated rings. The van der Waals surface area contributed by atoms with Crippen LogP contribution in [0.5, 0.6) is 0 Å². The van der Waals surface area contributed by atoms with Crippen LogP contribution in [0.1, 0.15) is 10.4 Å². The third kappa shape index (κ3) is 0.931. The van der Waals surface area contributed by atoms with Gasteiger partial charge in [0.25, 0.3) is 5.91 Å². The molecule has 0 radical (unpaired) electrons. The first-order chi connectivity index (χ1) is 5.77. The standard InChI is InChI=1S/C6H5N3O3/c10-4-2-7-5(11)3-1-8-12-6(3)9-4/h1H,2H2,(H,7,11)(H,9,10). The average Bonchev–Trinajstić information content (AvgIpc) is 2.44. The maximum atomic E-state index is 11.1. The van der Waals surface area contributed by atoms with Crippen molar-refractivity contribution in [3.8, 4) is 0 Å². The zero-order chi connectivity index (χ0) is 8.55. The average molecular weight is 167 g/mol.